The van der Waals surface area contributed by atoms with Crippen molar-refractivity contribution in [1.82, 2.24) is 9.80 Å². The summed E-state index contributed by atoms with van der Waals surface area (Å²) >= 11 is 0. The highest BCUT2D eigenvalue weighted by Crippen LogP contribution is 2.22. The Bertz CT molecular complexity index is 604. The fraction of sp³-hybridized carbons (Fsp3) is 0.368. The van der Waals surface area contributed by atoms with Crippen LogP contribution in [-0.4, -0.2) is 43.0 Å². The first kappa shape index (κ1) is 15.2. The summed E-state index contributed by atoms with van der Waals surface area (Å²) in [6.45, 7) is 3.32. The van der Waals surface area contributed by atoms with E-state index in [0.717, 1.165) is 24.2 Å². The molecule has 1 atom stereocenters. The van der Waals surface area contributed by atoms with E-state index in [2.05, 4.69) is 48.2 Å². The fourth-order valence-corrected chi connectivity index (χ4v) is 3.08. The van der Waals surface area contributed by atoms with Gasteiger partial charge < -0.3 is 4.90 Å². The van der Waals surface area contributed by atoms with Gasteiger partial charge in [0.1, 0.15) is 5.82 Å². The predicted molar refractivity (Wildman–Crippen MR) is 89.2 cm³/mol. The molecular weight excluding hydrogens is 275 g/mol. The summed E-state index contributed by atoms with van der Waals surface area (Å²) in [5, 5.41) is 0. The summed E-state index contributed by atoms with van der Waals surface area (Å²) < 4.78 is 13.0. The third-order valence-corrected chi connectivity index (χ3v) is 4.52. The lowest BCUT2D eigenvalue weighted by atomic mass is 10.0. The monoisotopic (exact) mass is 298 g/mol. The Morgan fingerprint density at radius 1 is 1.00 bits per heavy atom. The van der Waals surface area contributed by atoms with Gasteiger partial charge in [0.05, 0.1) is 0 Å². The molecule has 116 valence electrons. The molecule has 1 unspecified atom stereocenters. The summed E-state index contributed by atoms with van der Waals surface area (Å²) in [7, 11) is 4.32. The molecule has 0 bridgehead atoms. The number of nitrogens with zero attached hydrogens (tertiary/aromatic N) is 2. The van der Waals surface area contributed by atoms with Crippen LogP contribution in [-0.2, 0) is 6.54 Å². The highest BCUT2D eigenvalue weighted by atomic mass is 19.1. The summed E-state index contributed by atoms with van der Waals surface area (Å²) in [5.74, 6) is -0.190. The van der Waals surface area contributed by atoms with Gasteiger partial charge in [-0.15, -0.1) is 0 Å². The Hall–Kier alpha value is -1.71. The SMILES string of the molecule is CN(C)C1CCN(Cc2ccc(-c3ccc(F)cc3)cc2)C1. The van der Waals surface area contributed by atoms with Crippen molar-refractivity contribution < 1.29 is 4.39 Å². The van der Waals surface area contributed by atoms with Crippen LogP contribution in [0.15, 0.2) is 48.5 Å². The van der Waals surface area contributed by atoms with Crippen LogP contribution in [0.4, 0.5) is 4.39 Å². The minimum absolute atomic E-state index is 0.190. The molecule has 0 aliphatic carbocycles. The van der Waals surface area contributed by atoms with E-state index in [1.165, 1.54) is 30.7 Å². The van der Waals surface area contributed by atoms with E-state index in [-0.39, 0.29) is 5.82 Å². The zero-order valence-corrected chi connectivity index (χ0v) is 13.3. The first-order chi connectivity index (χ1) is 10.6. The van der Waals surface area contributed by atoms with E-state index >= 15 is 0 Å². The second-order valence-electron chi connectivity index (χ2n) is 6.35. The van der Waals surface area contributed by atoms with Gasteiger partial charge in [-0.25, -0.2) is 4.39 Å². The summed E-state index contributed by atoms with van der Waals surface area (Å²) in [4.78, 5) is 4.83. The molecule has 1 saturated heterocycles. The van der Waals surface area contributed by atoms with Gasteiger partial charge in [0.2, 0.25) is 0 Å². The van der Waals surface area contributed by atoms with Crippen LogP contribution < -0.4 is 0 Å². The average molecular weight is 298 g/mol. The van der Waals surface area contributed by atoms with Crippen LogP contribution in [0, 0.1) is 5.82 Å². The molecule has 22 heavy (non-hydrogen) atoms. The molecule has 2 aromatic rings. The largest absolute Gasteiger partial charge is 0.305 e. The molecule has 0 spiro atoms. The van der Waals surface area contributed by atoms with Crippen LogP contribution in [0.3, 0.4) is 0 Å². The zero-order chi connectivity index (χ0) is 15.5. The number of likely N-dealkylation sites (N-methyl/N-ethyl adjacent to an activating group) is 1. The molecule has 1 heterocycles. The third-order valence-electron chi connectivity index (χ3n) is 4.52. The number of benzene rings is 2. The van der Waals surface area contributed by atoms with Crippen molar-refractivity contribution >= 4 is 0 Å². The lowest BCUT2D eigenvalue weighted by molar-refractivity contribution is 0.264. The lowest BCUT2D eigenvalue weighted by Gasteiger charge is -2.20. The Labute approximate surface area is 132 Å². The van der Waals surface area contributed by atoms with Crippen LogP contribution >= 0.6 is 0 Å². The van der Waals surface area contributed by atoms with Gasteiger partial charge in [-0.2, -0.15) is 0 Å². The Morgan fingerprint density at radius 3 is 2.14 bits per heavy atom. The van der Waals surface area contributed by atoms with E-state index in [1.54, 1.807) is 0 Å². The molecule has 0 N–H and O–H groups in total. The maximum Gasteiger partial charge on any atom is 0.123 e. The second kappa shape index (κ2) is 6.59. The lowest BCUT2D eigenvalue weighted by Crippen LogP contribution is -2.31. The van der Waals surface area contributed by atoms with Crippen molar-refractivity contribution in [3.63, 3.8) is 0 Å². The minimum atomic E-state index is -0.190. The summed E-state index contributed by atoms with van der Waals surface area (Å²) in [6, 6.07) is 16.0. The van der Waals surface area contributed by atoms with Gasteiger partial charge >= 0.3 is 0 Å². The first-order valence-corrected chi connectivity index (χ1v) is 7.85. The smallest absolute Gasteiger partial charge is 0.123 e. The van der Waals surface area contributed by atoms with Gasteiger partial charge in [0, 0.05) is 25.7 Å². The number of rotatable bonds is 4. The number of likely N-dealkylation sites (tertiary alicyclic amines) is 1. The molecule has 3 rings (SSSR count). The van der Waals surface area contributed by atoms with E-state index in [4.69, 9.17) is 0 Å². The quantitative estimate of drug-likeness (QED) is 0.850. The molecular formula is C19H23FN2. The van der Waals surface area contributed by atoms with Gasteiger partial charge in [-0.1, -0.05) is 36.4 Å². The molecule has 3 heteroatoms. The van der Waals surface area contributed by atoms with E-state index in [9.17, 15) is 4.39 Å². The molecule has 1 aliphatic heterocycles. The average Bonchev–Trinajstić information content (AvgIpc) is 2.98. The molecule has 0 saturated carbocycles. The fourth-order valence-electron chi connectivity index (χ4n) is 3.08. The highest BCUT2D eigenvalue weighted by Gasteiger charge is 2.23. The maximum absolute atomic E-state index is 13.0. The van der Waals surface area contributed by atoms with Crippen molar-refractivity contribution in [3.05, 3.63) is 59.9 Å². The number of halogens is 1. The Morgan fingerprint density at radius 2 is 1.59 bits per heavy atom. The van der Waals surface area contributed by atoms with Gasteiger partial charge in [0.15, 0.2) is 0 Å². The Kier molecular flexibility index (Phi) is 4.55. The van der Waals surface area contributed by atoms with Crippen molar-refractivity contribution in [3.8, 4) is 11.1 Å². The zero-order valence-electron chi connectivity index (χ0n) is 13.3. The van der Waals surface area contributed by atoms with Crippen molar-refractivity contribution in [2.24, 2.45) is 0 Å². The topological polar surface area (TPSA) is 6.48 Å². The molecule has 2 nitrogen and oxygen atoms in total. The van der Waals surface area contributed by atoms with Gasteiger partial charge in [0.25, 0.3) is 0 Å². The highest BCUT2D eigenvalue weighted by molar-refractivity contribution is 5.63. The van der Waals surface area contributed by atoms with E-state index < -0.39 is 0 Å². The van der Waals surface area contributed by atoms with Crippen molar-refractivity contribution in [2.45, 2.75) is 19.0 Å². The van der Waals surface area contributed by atoms with E-state index in [1.807, 2.05) is 12.1 Å². The second-order valence-corrected chi connectivity index (χ2v) is 6.35. The standard InChI is InChI=1S/C19H23FN2/c1-21(2)19-11-12-22(14-19)13-15-3-5-16(6-4-15)17-7-9-18(20)10-8-17/h3-10,19H,11-14H2,1-2H3. The van der Waals surface area contributed by atoms with E-state index in [0.29, 0.717) is 6.04 Å². The summed E-state index contributed by atoms with van der Waals surface area (Å²) in [5.41, 5.74) is 3.53. The van der Waals surface area contributed by atoms with Crippen molar-refractivity contribution in [1.29, 1.82) is 0 Å². The minimum Gasteiger partial charge on any atom is -0.305 e. The molecule has 0 aromatic heterocycles. The normalized spacial score (nSPS) is 19.0. The van der Waals surface area contributed by atoms with Crippen LogP contribution in [0.1, 0.15) is 12.0 Å². The first-order valence-electron chi connectivity index (χ1n) is 7.85. The number of hydrogen-bond donors (Lipinski definition) is 0. The molecule has 0 radical (unpaired) electrons. The number of hydrogen-bond acceptors (Lipinski definition) is 2. The molecule has 1 fully saturated rings. The van der Waals surface area contributed by atoms with Crippen LogP contribution in [0.5, 0.6) is 0 Å². The molecule has 0 amide bonds. The van der Waals surface area contributed by atoms with Crippen LogP contribution in [0.2, 0.25) is 0 Å². The van der Waals surface area contributed by atoms with Crippen molar-refractivity contribution in [2.75, 3.05) is 27.2 Å². The van der Waals surface area contributed by atoms with Gasteiger partial charge in [-0.3, -0.25) is 4.90 Å². The summed E-state index contributed by atoms with van der Waals surface area (Å²) in [6.07, 6.45) is 1.25. The van der Waals surface area contributed by atoms with Gasteiger partial charge in [-0.05, 0) is 49.3 Å². The maximum atomic E-state index is 13.0. The Balaban J connectivity index is 1.64. The molecule has 2 aromatic carbocycles. The predicted octanol–water partition coefficient (Wildman–Crippen LogP) is 3.63. The molecule has 1 aliphatic rings. The third kappa shape index (κ3) is 3.54. The van der Waals surface area contributed by atoms with Crippen LogP contribution in [0.25, 0.3) is 11.1 Å².